The maximum atomic E-state index is 5.72. The fraction of sp³-hybridized carbons (Fsp3) is 0.417. The van der Waals surface area contributed by atoms with E-state index in [2.05, 4.69) is 4.98 Å². The van der Waals surface area contributed by atoms with Crippen molar-refractivity contribution < 1.29 is 4.74 Å². The van der Waals surface area contributed by atoms with Crippen molar-refractivity contribution in [1.82, 2.24) is 4.98 Å². The van der Waals surface area contributed by atoms with E-state index < -0.39 is 0 Å². The number of hydrogen-bond acceptors (Lipinski definition) is 4. The average molecular weight is 236 g/mol. The van der Waals surface area contributed by atoms with E-state index >= 15 is 0 Å². The van der Waals surface area contributed by atoms with Gasteiger partial charge in [0.2, 0.25) is 0 Å². The van der Waals surface area contributed by atoms with Gasteiger partial charge in [0.25, 0.3) is 0 Å². The van der Waals surface area contributed by atoms with Gasteiger partial charge in [0.15, 0.2) is 0 Å². The molecule has 0 saturated heterocycles. The first kappa shape index (κ1) is 11.4. The first-order valence-corrected chi connectivity index (χ1v) is 6.05. The zero-order valence-corrected chi connectivity index (χ0v) is 10.6. The molecule has 1 heterocycles. The van der Waals surface area contributed by atoms with E-state index in [1.54, 1.807) is 11.3 Å². The lowest BCUT2D eigenvalue weighted by molar-refractivity contribution is -0.0149. The Morgan fingerprint density at radius 2 is 2.12 bits per heavy atom. The van der Waals surface area contributed by atoms with E-state index in [9.17, 15) is 0 Å². The number of fused-ring (bicyclic) bond motifs is 1. The second kappa shape index (κ2) is 4.03. The van der Waals surface area contributed by atoms with Crippen molar-refractivity contribution in [3.05, 3.63) is 23.2 Å². The highest BCUT2D eigenvalue weighted by atomic mass is 32.1. The standard InChI is InChI=1S/C12H16N2OS/c1-12(2,3)15-7-11-14-9-5-4-8(13)6-10(9)16-11/h4-6H,7,13H2,1-3H3. The van der Waals surface area contributed by atoms with Crippen LogP contribution in [-0.2, 0) is 11.3 Å². The number of hydrogen-bond donors (Lipinski definition) is 1. The Labute approximate surface area is 99.3 Å². The molecule has 2 rings (SSSR count). The van der Waals surface area contributed by atoms with E-state index in [0.29, 0.717) is 6.61 Å². The molecule has 1 aromatic carbocycles. The third-order valence-corrected chi connectivity index (χ3v) is 3.08. The molecule has 0 bridgehead atoms. The largest absolute Gasteiger partial charge is 0.399 e. The molecular formula is C12H16N2OS. The molecule has 0 aliphatic carbocycles. The van der Waals surface area contributed by atoms with Crippen LogP contribution in [0.5, 0.6) is 0 Å². The van der Waals surface area contributed by atoms with Crippen LogP contribution in [0, 0.1) is 0 Å². The summed E-state index contributed by atoms with van der Waals surface area (Å²) < 4.78 is 6.81. The van der Waals surface area contributed by atoms with Gasteiger partial charge in [-0.05, 0) is 39.0 Å². The molecule has 1 aromatic heterocycles. The monoisotopic (exact) mass is 236 g/mol. The topological polar surface area (TPSA) is 48.1 Å². The van der Waals surface area contributed by atoms with Gasteiger partial charge in [-0.15, -0.1) is 11.3 Å². The summed E-state index contributed by atoms with van der Waals surface area (Å²) in [5.41, 5.74) is 7.37. The van der Waals surface area contributed by atoms with Crippen molar-refractivity contribution in [2.24, 2.45) is 0 Å². The Kier molecular flexibility index (Phi) is 2.86. The molecule has 0 fully saturated rings. The highest BCUT2D eigenvalue weighted by molar-refractivity contribution is 7.18. The molecule has 0 aliphatic heterocycles. The molecular weight excluding hydrogens is 220 g/mol. The summed E-state index contributed by atoms with van der Waals surface area (Å²) in [6.45, 7) is 6.68. The number of nitrogens with two attached hydrogens (primary N) is 1. The molecule has 0 saturated carbocycles. The van der Waals surface area contributed by atoms with E-state index in [4.69, 9.17) is 10.5 Å². The zero-order valence-electron chi connectivity index (χ0n) is 9.78. The molecule has 0 aliphatic rings. The van der Waals surface area contributed by atoms with Crippen LogP contribution < -0.4 is 5.73 Å². The number of anilines is 1. The van der Waals surface area contributed by atoms with Crippen molar-refractivity contribution in [3.63, 3.8) is 0 Å². The predicted molar refractivity (Wildman–Crippen MR) is 68.6 cm³/mol. The van der Waals surface area contributed by atoms with Gasteiger partial charge < -0.3 is 10.5 Å². The molecule has 0 amide bonds. The lowest BCUT2D eigenvalue weighted by Crippen LogP contribution is -2.18. The molecule has 0 spiro atoms. The number of aromatic nitrogens is 1. The fourth-order valence-electron chi connectivity index (χ4n) is 1.33. The molecule has 16 heavy (non-hydrogen) atoms. The minimum atomic E-state index is -0.128. The van der Waals surface area contributed by atoms with Crippen molar-refractivity contribution in [3.8, 4) is 0 Å². The molecule has 0 unspecified atom stereocenters. The van der Waals surface area contributed by atoms with Crippen LogP contribution in [0.4, 0.5) is 5.69 Å². The summed E-state index contributed by atoms with van der Waals surface area (Å²) in [4.78, 5) is 4.49. The van der Waals surface area contributed by atoms with Crippen LogP contribution in [0.2, 0.25) is 0 Å². The molecule has 2 aromatic rings. The van der Waals surface area contributed by atoms with Gasteiger partial charge in [-0.1, -0.05) is 0 Å². The first-order valence-electron chi connectivity index (χ1n) is 5.23. The second-order valence-corrected chi connectivity index (χ2v) is 5.85. The molecule has 4 heteroatoms. The Bertz CT molecular complexity index is 499. The molecule has 86 valence electrons. The Morgan fingerprint density at radius 3 is 2.81 bits per heavy atom. The van der Waals surface area contributed by atoms with Gasteiger partial charge in [0.1, 0.15) is 5.01 Å². The van der Waals surface area contributed by atoms with Crippen molar-refractivity contribution >= 4 is 27.2 Å². The number of nitrogens with zero attached hydrogens (tertiary/aromatic N) is 1. The van der Waals surface area contributed by atoms with Crippen LogP contribution >= 0.6 is 11.3 Å². The van der Waals surface area contributed by atoms with Gasteiger partial charge in [-0.25, -0.2) is 4.98 Å². The number of nitrogen functional groups attached to an aromatic ring is 1. The normalized spacial score (nSPS) is 12.2. The smallest absolute Gasteiger partial charge is 0.120 e. The van der Waals surface area contributed by atoms with Gasteiger partial charge >= 0.3 is 0 Å². The lowest BCUT2D eigenvalue weighted by Gasteiger charge is -2.18. The number of thiazole rings is 1. The molecule has 3 nitrogen and oxygen atoms in total. The zero-order chi connectivity index (χ0) is 11.8. The Morgan fingerprint density at radius 1 is 1.38 bits per heavy atom. The minimum absolute atomic E-state index is 0.128. The Balaban J connectivity index is 2.20. The summed E-state index contributed by atoms with van der Waals surface area (Å²) in [6.07, 6.45) is 0. The average Bonchev–Trinajstić information content (AvgIpc) is 2.55. The third-order valence-electron chi connectivity index (χ3n) is 2.09. The second-order valence-electron chi connectivity index (χ2n) is 4.74. The number of benzene rings is 1. The van der Waals surface area contributed by atoms with Crippen molar-refractivity contribution in [2.75, 3.05) is 5.73 Å². The minimum Gasteiger partial charge on any atom is -0.399 e. The third kappa shape index (κ3) is 2.71. The maximum Gasteiger partial charge on any atom is 0.120 e. The molecule has 0 radical (unpaired) electrons. The van der Waals surface area contributed by atoms with Crippen LogP contribution in [0.3, 0.4) is 0 Å². The van der Waals surface area contributed by atoms with E-state index in [1.165, 1.54) is 0 Å². The van der Waals surface area contributed by atoms with Gasteiger partial charge in [-0.3, -0.25) is 0 Å². The van der Waals surface area contributed by atoms with Crippen LogP contribution in [0.15, 0.2) is 18.2 Å². The van der Waals surface area contributed by atoms with E-state index in [-0.39, 0.29) is 5.60 Å². The van der Waals surface area contributed by atoms with Crippen LogP contribution in [0.25, 0.3) is 10.2 Å². The van der Waals surface area contributed by atoms with Crippen molar-refractivity contribution in [2.45, 2.75) is 33.0 Å². The highest BCUT2D eigenvalue weighted by Crippen LogP contribution is 2.25. The summed E-state index contributed by atoms with van der Waals surface area (Å²) in [5.74, 6) is 0. The SMILES string of the molecule is CC(C)(C)OCc1nc2ccc(N)cc2s1. The van der Waals surface area contributed by atoms with E-state index in [0.717, 1.165) is 20.9 Å². The highest BCUT2D eigenvalue weighted by Gasteiger charge is 2.12. The number of rotatable bonds is 2. The predicted octanol–water partition coefficient (Wildman–Crippen LogP) is 3.19. The van der Waals surface area contributed by atoms with Crippen LogP contribution in [0.1, 0.15) is 25.8 Å². The molecule has 0 atom stereocenters. The van der Waals surface area contributed by atoms with Gasteiger partial charge in [0.05, 0.1) is 22.4 Å². The maximum absolute atomic E-state index is 5.72. The Hall–Kier alpha value is -1.13. The van der Waals surface area contributed by atoms with Crippen LogP contribution in [-0.4, -0.2) is 10.6 Å². The summed E-state index contributed by atoms with van der Waals surface area (Å²) >= 11 is 1.64. The quantitative estimate of drug-likeness (QED) is 0.815. The lowest BCUT2D eigenvalue weighted by atomic mass is 10.2. The van der Waals surface area contributed by atoms with Gasteiger partial charge in [-0.2, -0.15) is 0 Å². The van der Waals surface area contributed by atoms with E-state index in [1.807, 2.05) is 39.0 Å². The first-order chi connectivity index (χ1) is 7.44. The fourth-order valence-corrected chi connectivity index (χ4v) is 2.26. The van der Waals surface area contributed by atoms with Gasteiger partial charge in [0, 0.05) is 5.69 Å². The number of ether oxygens (including phenoxy) is 1. The summed E-state index contributed by atoms with van der Waals surface area (Å²) in [5, 5.41) is 0.996. The summed E-state index contributed by atoms with van der Waals surface area (Å²) in [6, 6.07) is 5.77. The summed E-state index contributed by atoms with van der Waals surface area (Å²) in [7, 11) is 0. The molecule has 2 N–H and O–H groups in total. The van der Waals surface area contributed by atoms with Crippen molar-refractivity contribution in [1.29, 1.82) is 0 Å².